The summed E-state index contributed by atoms with van der Waals surface area (Å²) >= 11 is 0. The van der Waals surface area contributed by atoms with Crippen LogP contribution in [-0.4, -0.2) is 33.7 Å². The molecule has 3 aromatic rings. The van der Waals surface area contributed by atoms with Crippen molar-refractivity contribution in [1.29, 1.82) is 0 Å². The van der Waals surface area contributed by atoms with Gasteiger partial charge in [-0.05, 0) is 25.0 Å². The van der Waals surface area contributed by atoms with E-state index in [1.807, 2.05) is 83.5 Å². The standard InChI is InChI=1S/C23H25N3O/c1-25(19-13-7-3-8-14-19)23(27)21-17-26(20-15-9-4-10-16-20)24-22(21)18-11-5-2-6-12-18/h2,4-6,9-12,15-17,19H,3,7-8,13-14H2,1H3. The minimum atomic E-state index is 0.0583. The molecule has 4 heteroatoms. The highest BCUT2D eigenvalue weighted by Gasteiger charge is 2.27. The second kappa shape index (κ2) is 7.78. The van der Waals surface area contributed by atoms with Crippen LogP contribution in [0.2, 0.25) is 0 Å². The van der Waals surface area contributed by atoms with Crippen LogP contribution in [0, 0.1) is 0 Å². The molecule has 0 bridgehead atoms. The monoisotopic (exact) mass is 359 g/mol. The molecule has 1 saturated carbocycles. The highest BCUT2D eigenvalue weighted by atomic mass is 16.2. The smallest absolute Gasteiger partial charge is 0.257 e. The summed E-state index contributed by atoms with van der Waals surface area (Å²) in [6, 6.07) is 20.2. The van der Waals surface area contributed by atoms with E-state index in [1.165, 1.54) is 19.3 Å². The van der Waals surface area contributed by atoms with Crippen molar-refractivity contribution in [2.24, 2.45) is 0 Å². The fourth-order valence-electron chi connectivity index (χ4n) is 3.88. The van der Waals surface area contributed by atoms with E-state index in [-0.39, 0.29) is 5.91 Å². The van der Waals surface area contributed by atoms with Gasteiger partial charge < -0.3 is 4.90 Å². The van der Waals surface area contributed by atoms with Crippen molar-refractivity contribution in [2.75, 3.05) is 7.05 Å². The van der Waals surface area contributed by atoms with Gasteiger partial charge in [0.1, 0.15) is 5.69 Å². The maximum atomic E-state index is 13.4. The van der Waals surface area contributed by atoms with Gasteiger partial charge in [-0.1, -0.05) is 67.8 Å². The summed E-state index contributed by atoms with van der Waals surface area (Å²) in [5.41, 5.74) is 3.33. The van der Waals surface area contributed by atoms with E-state index in [1.54, 1.807) is 0 Å². The van der Waals surface area contributed by atoms with Crippen LogP contribution in [0.15, 0.2) is 66.9 Å². The molecule has 0 saturated heterocycles. The van der Waals surface area contributed by atoms with Crippen LogP contribution in [0.25, 0.3) is 16.9 Å². The lowest BCUT2D eigenvalue weighted by atomic mass is 9.94. The summed E-state index contributed by atoms with van der Waals surface area (Å²) < 4.78 is 1.81. The van der Waals surface area contributed by atoms with Gasteiger partial charge in [0, 0.05) is 24.8 Å². The maximum Gasteiger partial charge on any atom is 0.257 e. The molecule has 0 aliphatic heterocycles. The molecule has 0 atom stereocenters. The van der Waals surface area contributed by atoms with E-state index >= 15 is 0 Å². The number of nitrogens with zero attached hydrogens (tertiary/aromatic N) is 3. The average molecular weight is 359 g/mol. The number of aromatic nitrogens is 2. The van der Waals surface area contributed by atoms with Crippen LogP contribution < -0.4 is 0 Å². The SMILES string of the molecule is CN(C(=O)c1cn(-c2ccccc2)nc1-c1ccccc1)C1CCCCC1. The Morgan fingerprint density at radius 3 is 2.26 bits per heavy atom. The second-order valence-electron chi connectivity index (χ2n) is 7.25. The van der Waals surface area contributed by atoms with Crippen molar-refractivity contribution in [3.63, 3.8) is 0 Å². The van der Waals surface area contributed by atoms with Crippen molar-refractivity contribution in [1.82, 2.24) is 14.7 Å². The van der Waals surface area contributed by atoms with Gasteiger partial charge in [0.25, 0.3) is 5.91 Å². The fourth-order valence-corrected chi connectivity index (χ4v) is 3.88. The topological polar surface area (TPSA) is 38.1 Å². The van der Waals surface area contributed by atoms with E-state index in [9.17, 15) is 4.79 Å². The average Bonchev–Trinajstić information content (AvgIpc) is 3.20. The Bertz CT molecular complexity index is 896. The van der Waals surface area contributed by atoms with Crippen molar-refractivity contribution in [2.45, 2.75) is 38.1 Å². The van der Waals surface area contributed by atoms with Crippen LogP contribution in [0.5, 0.6) is 0 Å². The van der Waals surface area contributed by atoms with Gasteiger partial charge in [0.2, 0.25) is 0 Å². The summed E-state index contributed by atoms with van der Waals surface area (Å²) in [6.45, 7) is 0. The molecule has 2 aromatic carbocycles. The van der Waals surface area contributed by atoms with Crippen LogP contribution >= 0.6 is 0 Å². The summed E-state index contributed by atoms with van der Waals surface area (Å²) in [5.74, 6) is 0.0583. The Balaban J connectivity index is 1.73. The van der Waals surface area contributed by atoms with Crippen LogP contribution in [0.1, 0.15) is 42.5 Å². The van der Waals surface area contributed by atoms with Gasteiger partial charge in [-0.25, -0.2) is 4.68 Å². The number of carbonyl (C=O) groups excluding carboxylic acids is 1. The van der Waals surface area contributed by atoms with Crippen molar-refractivity contribution < 1.29 is 4.79 Å². The summed E-state index contributed by atoms with van der Waals surface area (Å²) in [4.78, 5) is 15.3. The molecule has 0 unspecified atom stereocenters. The van der Waals surface area contributed by atoms with E-state index in [0.29, 0.717) is 11.6 Å². The number of para-hydroxylation sites is 1. The molecule has 0 radical (unpaired) electrons. The Kier molecular flexibility index (Phi) is 5.05. The number of hydrogen-bond donors (Lipinski definition) is 0. The van der Waals surface area contributed by atoms with E-state index in [4.69, 9.17) is 5.10 Å². The lowest BCUT2D eigenvalue weighted by Gasteiger charge is -2.31. The molecule has 4 nitrogen and oxygen atoms in total. The van der Waals surface area contributed by atoms with Gasteiger partial charge in [0.15, 0.2) is 0 Å². The third-order valence-corrected chi connectivity index (χ3v) is 5.46. The van der Waals surface area contributed by atoms with Gasteiger partial charge in [-0.3, -0.25) is 4.79 Å². The molecule has 1 aliphatic carbocycles. The molecular weight excluding hydrogens is 334 g/mol. The number of amides is 1. The molecule has 1 heterocycles. The lowest BCUT2D eigenvalue weighted by molar-refractivity contribution is 0.0697. The van der Waals surface area contributed by atoms with E-state index in [0.717, 1.165) is 29.8 Å². The molecule has 0 spiro atoms. The van der Waals surface area contributed by atoms with Crippen molar-refractivity contribution in [3.8, 4) is 16.9 Å². The third kappa shape index (κ3) is 3.65. The zero-order valence-corrected chi connectivity index (χ0v) is 15.7. The number of hydrogen-bond acceptors (Lipinski definition) is 2. The fraction of sp³-hybridized carbons (Fsp3) is 0.304. The van der Waals surface area contributed by atoms with E-state index in [2.05, 4.69) is 0 Å². The van der Waals surface area contributed by atoms with Crippen LogP contribution in [0.3, 0.4) is 0 Å². The third-order valence-electron chi connectivity index (χ3n) is 5.46. The van der Waals surface area contributed by atoms with Gasteiger partial charge in [-0.15, -0.1) is 0 Å². The zero-order valence-electron chi connectivity index (χ0n) is 15.7. The first kappa shape index (κ1) is 17.5. The first-order valence-corrected chi connectivity index (χ1v) is 9.72. The highest BCUT2D eigenvalue weighted by molar-refractivity contribution is 6.00. The minimum Gasteiger partial charge on any atom is -0.339 e. The molecule has 1 aromatic heterocycles. The van der Waals surface area contributed by atoms with Gasteiger partial charge in [0.05, 0.1) is 11.3 Å². The van der Waals surface area contributed by atoms with Gasteiger partial charge >= 0.3 is 0 Å². The maximum absolute atomic E-state index is 13.4. The first-order valence-electron chi connectivity index (χ1n) is 9.72. The van der Waals surface area contributed by atoms with Crippen LogP contribution in [-0.2, 0) is 0 Å². The Morgan fingerprint density at radius 1 is 0.963 bits per heavy atom. The molecule has 1 fully saturated rings. The minimum absolute atomic E-state index is 0.0583. The predicted octanol–water partition coefficient (Wildman–Crippen LogP) is 4.94. The Hall–Kier alpha value is -2.88. The quantitative estimate of drug-likeness (QED) is 0.661. The molecule has 1 amide bonds. The van der Waals surface area contributed by atoms with Crippen molar-refractivity contribution >= 4 is 5.91 Å². The Labute approximate surface area is 160 Å². The van der Waals surface area contributed by atoms with Gasteiger partial charge in [-0.2, -0.15) is 5.10 Å². The zero-order chi connectivity index (χ0) is 18.6. The summed E-state index contributed by atoms with van der Waals surface area (Å²) in [5, 5.41) is 4.77. The number of benzene rings is 2. The molecule has 1 aliphatic rings. The molecule has 0 N–H and O–H groups in total. The normalized spacial score (nSPS) is 14.9. The number of carbonyl (C=O) groups is 1. The summed E-state index contributed by atoms with van der Waals surface area (Å²) in [6.07, 6.45) is 7.75. The number of rotatable bonds is 4. The predicted molar refractivity (Wildman–Crippen MR) is 108 cm³/mol. The molecular formula is C23H25N3O. The second-order valence-corrected chi connectivity index (χ2v) is 7.25. The molecule has 27 heavy (non-hydrogen) atoms. The van der Waals surface area contributed by atoms with Crippen LogP contribution in [0.4, 0.5) is 0 Å². The largest absolute Gasteiger partial charge is 0.339 e. The molecule has 4 rings (SSSR count). The lowest BCUT2D eigenvalue weighted by Crippen LogP contribution is -2.38. The van der Waals surface area contributed by atoms with E-state index < -0.39 is 0 Å². The molecule has 138 valence electrons. The Morgan fingerprint density at radius 2 is 1.59 bits per heavy atom. The summed E-state index contributed by atoms with van der Waals surface area (Å²) in [7, 11) is 1.94. The highest BCUT2D eigenvalue weighted by Crippen LogP contribution is 2.28. The van der Waals surface area contributed by atoms with Crippen molar-refractivity contribution in [3.05, 3.63) is 72.4 Å². The first-order chi connectivity index (χ1) is 13.2.